The SMILES string of the molecule is O=C(O)c1ccc(S(=O)(=O)Cc2ccccn2)cc1. The molecule has 0 atom stereocenters. The third-order valence-corrected chi connectivity index (χ3v) is 4.19. The zero-order valence-electron chi connectivity index (χ0n) is 9.85. The van der Waals surface area contributed by atoms with E-state index in [2.05, 4.69) is 4.98 Å². The number of carboxylic acid groups (broad SMARTS) is 1. The third-order valence-electron chi connectivity index (χ3n) is 2.52. The van der Waals surface area contributed by atoms with E-state index in [-0.39, 0.29) is 16.2 Å². The molecule has 0 radical (unpaired) electrons. The summed E-state index contributed by atoms with van der Waals surface area (Å²) in [6.07, 6.45) is 1.53. The molecule has 0 aliphatic heterocycles. The molecule has 0 bridgehead atoms. The minimum absolute atomic E-state index is 0.0526. The zero-order chi connectivity index (χ0) is 13.9. The molecule has 5 nitrogen and oxygen atoms in total. The van der Waals surface area contributed by atoms with Crippen LogP contribution in [0.2, 0.25) is 0 Å². The quantitative estimate of drug-likeness (QED) is 0.920. The average Bonchev–Trinajstić information content (AvgIpc) is 2.39. The van der Waals surface area contributed by atoms with Gasteiger partial charge in [0.15, 0.2) is 9.84 Å². The number of pyridine rings is 1. The second-order valence-corrected chi connectivity index (χ2v) is 5.90. The molecule has 0 unspecified atom stereocenters. The van der Waals surface area contributed by atoms with Crippen LogP contribution in [-0.2, 0) is 15.6 Å². The lowest BCUT2D eigenvalue weighted by Crippen LogP contribution is -2.06. The van der Waals surface area contributed by atoms with E-state index >= 15 is 0 Å². The maximum atomic E-state index is 12.1. The number of hydrogen-bond donors (Lipinski definition) is 1. The Bertz CT molecular complexity index is 678. The number of aromatic nitrogens is 1. The largest absolute Gasteiger partial charge is 0.478 e. The first-order valence-corrected chi connectivity index (χ1v) is 7.10. The highest BCUT2D eigenvalue weighted by Crippen LogP contribution is 2.16. The smallest absolute Gasteiger partial charge is 0.335 e. The van der Waals surface area contributed by atoms with Gasteiger partial charge in [-0.05, 0) is 36.4 Å². The Morgan fingerprint density at radius 1 is 1.11 bits per heavy atom. The highest BCUT2D eigenvalue weighted by molar-refractivity contribution is 7.90. The van der Waals surface area contributed by atoms with Crippen molar-refractivity contribution in [2.45, 2.75) is 10.6 Å². The van der Waals surface area contributed by atoms with Gasteiger partial charge in [0.25, 0.3) is 0 Å². The first-order chi connectivity index (χ1) is 8.99. The fourth-order valence-electron chi connectivity index (χ4n) is 1.57. The van der Waals surface area contributed by atoms with Crippen LogP contribution in [0, 0.1) is 0 Å². The second-order valence-electron chi connectivity index (χ2n) is 3.91. The maximum absolute atomic E-state index is 12.1. The number of sulfone groups is 1. The summed E-state index contributed by atoms with van der Waals surface area (Å²) in [6.45, 7) is 0. The minimum atomic E-state index is -3.51. The van der Waals surface area contributed by atoms with Crippen LogP contribution in [0.25, 0.3) is 0 Å². The van der Waals surface area contributed by atoms with Gasteiger partial charge < -0.3 is 5.11 Å². The van der Waals surface area contributed by atoms with E-state index in [1.54, 1.807) is 18.2 Å². The van der Waals surface area contributed by atoms with Crippen molar-refractivity contribution in [3.8, 4) is 0 Å². The van der Waals surface area contributed by atoms with Crippen molar-refractivity contribution in [1.29, 1.82) is 0 Å². The summed E-state index contributed by atoms with van der Waals surface area (Å²) in [7, 11) is -3.51. The van der Waals surface area contributed by atoms with Crippen molar-refractivity contribution in [3.05, 3.63) is 59.9 Å². The monoisotopic (exact) mass is 277 g/mol. The molecule has 0 saturated carbocycles. The van der Waals surface area contributed by atoms with Crippen molar-refractivity contribution in [2.75, 3.05) is 0 Å². The van der Waals surface area contributed by atoms with Crippen molar-refractivity contribution >= 4 is 15.8 Å². The highest BCUT2D eigenvalue weighted by atomic mass is 32.2. The Kier molecular flexibility index (Phi) is 3.62. The molecule has 1 N–H and O–H groups in total. The predicted octanol–water partition coefficient (Wildman–Crippen LogP) is 1.75. The molecule has 0 spiro atoms. The Morgan fingerprint density at radius 3 is 2.32 bits per heavy atom. The van der Waals surface area contributed by atoms with Gasteiger partial charge in [0, 0.05) is 6.20 Å². The maximum Gasteiger partial charge on any atom is 0.335 e. The molecule has 0 saturated heterocycles. The molecular formula is C13H11NO4S. The molecule has 1 heterocycles. The number of nitrogens with zero attached hydrogens (tertiary/aromatic N) is 1. The van der Waals surface area contributed by atoms with Gasteiger partial charge in [0.05, 0.1) is 21.9 Å². The van der Waals surface area contributed by atoms with Crippen molar-refractivity contribution in [1.82, 2.24) is 4.98 Å². The summed E-state index contributed by atoms with van der Waals surface area (Å²) < 4.78 is 24.2. The van der Waals surface area contributed by atoms with E-state index in [4.69, 9.17) is 5.11 Å². The number of benzene rings is 1. The predicted molar refractivity (Wildman–Crippen MR) is 68.5 cm³/mol. The molecule has 0 aliphatic rings. The fraction of sp³-hybridized carbons (Fsp3) is 0.0769. The van der Waals surface area contributed by atoms with Crippen LogP contribution in [-0.4, -0.2) is 24.5 Å². The van der Waals surface area contributed by atoms with Crippen LogP contribution in [0.15, 0.2) is 53.6 Å². The Labute approximate surface area is 110 Å². The first-order valence-electron chi connectivity index (χ1n) is 5.45. The molecule has 6 heteroatoms. The summed E-state index contributed by atoms with van der Waals surface area (Å²) in [6, 6.07) is 10.2. The normalized spacial score (nSPS) is 11.2. The van der Waals surface area contributed by atoms with Gasteiger partial charge in [0.1, 0.15) is 0 Å². The van der Waals surface area contributed by atoms with Crippen LogP contribution in [0.1, 0.15) is 16.1 Å². The van der Waals surface area contributed by atoms with Gasteiger partial charge in [-0.1, -0.05) is 6.07 Å². The average molecular weight is 277 g/mol. The standard InChI is InChI=1S/C13H11NO4S/c15-13(16)10-4-6-12(7-5-10)19(17,18)9-11-3-1-2-8-14-11/h1-8H,9H2,(H,15,16). The molecule has 2 aromatic rings. The van der Waals surface area contributed by atoms with Crippen LogP contribution < -0.4 is 0 Å². The molecule has 0 aliphatic carbocycles. The third kappa shape index (κ3) is 3.17. The summed E-state index contributed by atoms with van der Waals surface area (Å²) in [5.41, 5.74) is 0.501. The zero-order valence-corrected chi connectivity index (χ0v) is 10.7. The van der Waals surface area contributed by atoms with Crippen molar-refractivity contribution < 1.29 is 18.3 Å². The molecule has 19 heavy (non-hydrogen) atoms. The van der Waals surface area contributed by atoms with Crippen LogP contribution >= 0.6 is 0 Å². The van der Waals surface area contributed by atoms with Gasteiger partial charge in [-0.3, -0.25) is 4.98 Å². The number of rotatable bonds is 4. The van der Waals surface area contributed by atoms with E-state index in [1.807, 2.05) is 0 Å². The Balaban J connectivity index is 2.27. The molecular weight excluding hydrogens is 266 g/mol. The molecule has 1 aromatic carbocycles. The lowest BCUT2D eigenvalue weighted by Gasteiger charge is -2.04. The Hall–Kier alpha value is -2.21. The molecule has 98 valence electrons. The number of carbonyl (C=O) groups is 1. The van der Waals surface area contributed by atoms with E-state index in [0.717, 1.165) is 0 Å². The summed E-state index contributed by atoms with van der Waals surface area (Å²) >= 11 is 0. The van der Waals surface area contributed by atoms with Gasteiger partial charge in [-0.25, -0.2) is 13.2 Å². The highest BCUT2D eigenvalue weighted by Gasteiger charge is 2.16. The van der Waals surface area contributed by atoms with Crippen LogP contribution in [0.4, 0.5) is 0 Å². The molecule has 2 rings (SSSR count). The fourth-order valence-corrected chi connectivity index (χ4v) is 2.84. The number of aromatic carboxylic acids is 1. The van der Waals surface area contributed by atoms with Gasteiger partial charge in [0.2, 0.25) is 0 Å². The summed E-state index contributed by atoms with van der Waals surface area (Å²) in [4.78, 5) is 14.7. The number of hydrogen-bond acceptors (Lipinski definition) is 4. The van der Waals surface area contributed by atoms with E-state index < -0.39 is 15.8 Å². The number of carboxylic acids is 1. The van der Waals surface area contributed by atoms with Gasteiger partial charge in [-0.15, -0.1) is 0 Å². The summed E-state index contributed by atoms with van der Waals surface area (Å²) in [5.74, 6) is -1.30. The summed E-state index contributed by atoms with van der Waals surface area (Å²) in [5, 5.41) is 8.75. The van der Waals surface area contributed by atoms with E-state index in [9.17, 15) is 13.2 Å². The first kappa shape index (κ1) is 13.2. The topological polar surface area (TPSA) is 84.3 Å². The van der Waals surface area contributed by atoms with E-state index in [0.29, 0.717) is 5.69 Å². The van der Waals surface area contributed by atoms with Crippen molar-refractivity contribution in [2.24, 2.45) is 0 Å². The molecule has 0 amide bonds. The van der Waals surface area contributed by atoms with Crippen LogP contribution in [0.5, 0.6) is 0 Å². The van der Waals surface area contributed by atoms with Crippen molar-refractivity contribution in [3.63, 3.8) is 0 Å². The lowest BCUT2D eigenvalue weighted by molar-refractivity contribution is 0.0696. The van der Waals surface area contributed by atoms with Gasteiger partial charge in [-0.2, -0.15) is 0 Å². The van der Waals surface area contributed by atoms with E-state index in [1.165, 1.54) is 30.5 Å². The molecule has 0 fully saturated rings. The second kappa shape index (κ2) is 5.19. The lowest BCUT2D eigenvalue weighted by atomic mass is 10.2. The molecule has 1 aromatic heterocycles. The minimum Gasteiger partial charge on any atom is -0.478 e. The van der Waals surface area contributed by atoms with Gasteiger partial charge >= 0.3 is 5.97 Å². The van der Waals surface area contributed by atoms with Crippen LogP contribution in [0.3, 0.4) is 0 Å². The Morgan fingerprint density at radius 2 is 1.79 bits per heavy atom.